The lowest BCUT2D eigenvalue weighted by Crippen LogP contribution is -2.40. The van der Waals surface area contributed by atoms with E-state index in [1.54, 1.807) is 26.6 Å². The first kappa shape index (κ1) is 26.0. The SMILES string of the molecule is COc1cccc(OC)c1C1COCCN1c1ncccc1-c1ccc2c(c1)N(CC(F)(F)F)Cc1cn[nH]c1-2. The Hall–Kier alpha value is -4.25. The fraction of sp³-hybridized carbons (Fsp3) is 0.310. The lowest BCUT2D eigenvalue weighted by molar-refractivity contribution is -0.120. The van der Waals surface area contributed by atoms with Crippen LogP contribution in [-0.4, -0.2) is 61.9 Å². The number of anilines is 2. The Bertz CT molecular complexity index is 1500. The molecule has 1 fully saturated rings. The van der Waals surface area contributed by atoms with Gasteiger partial charge < -0.3 is 24.0 Å². The third kappa shape index (κ3) is 4.70. The smallest absolute Gasteiger partial charge is 0.405 e. The van der Waals surface area contributed by atoms with Crippen molar-refractivity contribution < 1.29 is 27.4 Å². The molecule has 1 atom stereocenters. The second-order valence-electron chi connectivity index (χ2n) is 9.71. The number of benzene rings is 2. The van der Waals surface area contributed by atoms with Crippen LogP contribution >= 0.6 is 0 Å². The van der Waals surface area contributed by atoms with E-state index in [1.807, 2.05) is 48.5 Å². The van der Waals surface area contributed by atoms with E-state index in [-0.39, 0.29) is 12.6 Å². The minimum Gasteiger partial charge on any atom is -0.496 e. The molecule has 1 saturated heterocycles. The van der Waals surface area contributed by atoms with Crippen LogP contribution in [0.2, 0.25) is 0 Å². The molecule has 1 N–H and O–H groups in total. The normalized spacial score (nSPS) is 16.9. The van der Waals surface area contributed by atoms with Gasteiger partial charge in [0.15, 0.2) is 0 Å². The highest BCUT2D eigenvalue weighted by Crippen LogP contribution is 2.45. The first-order valence-corrected chi connectivity index (χ1v) is 12.9. The van der Waals surface area contributed by atoms with Gasteiger partial charge in [0.05, 0.1) is 50.9 Å². The first-order chi connectivity index (χ1) is 19.4. The molecule has 2 aliphatic heterocycles. The van der Waals surface area contributed by atoms with E-state index >= 15 is 0 Å². The molecule has 2 aromatic heterocycles. The van der Waals surface area contributed by atoms with Crippen LogP contribution in [0.25, 0.3) is 22.4 Å². The van der Waals surface area contributed by atoms with Crippen molar-refractivity contribution in [3.63, 3.8) is 0 Å². The Labute approximate surface area is 229 Å². The third-order valence-electron chi connectivity index (χ3n) is 7.35. The highest BCUT2D eigenvalue weighted by molar-refractivity contribution is 5.87. The topological polar surface area (TPSA) is 75.7 Å². The van der Waals surface area contributed by atoms with Crippen molar-refractivity contribution in [3.05, 3.63) is 72.1 Å². The monoisotopic (exact) mass is 551 g/mol. The standard InChI is InChI=1S/C29H28F3N5O3/c1-38-24-6-3-7-25(39-2)26(24)23-16-40-12-11-37(23)28-20(5-4-10-33-28)18-8-9-21-22(13-18)36(17-29(30,31)32)15-19-14-34-35-27(19)21/h3-10,13-14,23H,11-12,15-17H2,1-2H3,(H,34,35). The number of pyridine rings is 1. The van der Waals surface area contributed by atoms with Gasteiger partial charge in [0.1, 0.15) is 23.9 Å². The van der Waals surface area contributed by atoms with Gasteiger partial charge in [-0.25, -0.2) is 4.98 Å². The number of ether oxygens (including phenoxy) is 3. The summed E-state index contributed by atoms with van der Waals surface area (Å²) in [5.74, 6) is 2.04. The van der Waals surface area contributed by atoms with Gasteiger partial charge in [-0.1, -0.05) is 18.2 Å². The average Bonchev–Trinajstić information content (AvgIpc) is 3.44. The minimum absolute atomic E-state index is 0.112. The molecule has 0 aliphatic carbocycles. The zero-order valence-electron chi connectivity index (χ0n) is 22.0. The Morgan fingerprint density at radius 1 is 1.05 bits per heavy atom. The minimum atomic E-state index is -4.36. The van der Waals surface area contributed by atoms with Gasteiger partial charge >= 0.3 is 6.18 Å². The predicted molar refractivity (Wildman–Crippen MR) is 145 cm³/mol. The maximum absolute atomic E-state index is 13.6. The zero-order chi connectivity index (χ0) is 27.9. The highest BCUT2D eigenvalue weighted by atomic mass is 19.4. The van der Waals surface area contributed by atoms with Crippen LogP contribution in [0.3, 0.4) is 0 Å². The van der Waals surface area contributed by atoms with Crippen molar-refractivity contribution in [2.24, 2.45) is 0 Å². The molecule has 8 nitrogen and oxygen atoms in total. The molecule has 11 heteroatoms. The Balaban J connectivity index is 1.45. The fourth-order valence-electron chi connectivity index (χ4n) is 5.64. The number of hydrogen-bond donors (Lipinski definition) is 1. The van der Waals surface area contributed by atoms with Gasteiger partial charge in [-0.2, -0.15) is 18.3 Å². The summed E-state index contributed by atoms with van der Waals surface area (Å²) in [4.78, 5) is 8.27. The molecule has 208 valence electrons. The quantitative estimate of drug-likeness (QED) is 0.334. The molecule has 0 saturated carbocycles. The molecule has 40 heavy (non-hydrogen) atoms. The summed E-state index contributed by atoms with van der Waals surface area (Å²) in [7, 11) is 3.23. The molecular weight excluding hydrogens is 523 g/mol. The summed E-state index contributed by atoms with van der Waals surface area (Å²) in [5, 5.41) is 7.02. The van der Waals surface area contributed by atoms with Crippen LogP contribution in [0.5, 0.6) is 11.5 Å². The summed E-state index contributed by atoms with van der Waals surface area (Å²) in [6, 6.07) is 14.7. The largest absolute Gasteiger partial charge is 0.496 e. The second-order valence-corrected chi connectivity index (χ2v) is 9.71. The maximum Gasteiger partial charge on any atom is 0.405 e. The number of nitrogens with zero attached hydrogens (tertiary/aromatic N) is 4. The van der Waals surface area contributed by atoms with Gasteiger partial charge in [0, 0.05) is 41.7 Å². The molecular formula is C29H28F3N5O3. The van der Waals surface area contributed by atoms with Crippen LogP contribution in [0, 0.1) is 0 Å². The van der Waals surface area contributed by atoms with Crippen molar-refractivity contribution in [1.82, 2.24) is 15.2 Å². The number of nitrogens with one attached hydrogen (secondary N) is 1. The fourth-order valence-corrected chi connectivity index (χ4v) is 5.64. The summed E-state index contributed by atoms with van der Waals surface area (Å²) in [6.45, 7) is 0.488. The summed E-state index contributed by atoms with van der Waals surface area (Å²) in [5.41, 5.74) is 5.04. The van der Waals surface area contributed by atoms with Gasteiger partial charge in [-0.15, -0.1) is 0 Å². The van der Waals surface area contributed by atoms with Gasteiger partial charge in [0.2, 0.25) is 0 Å². The molecule has 0 bridgehead atoms. The number of halogens is 3. The Morgan fingerprint density at radius 2 is 1.85 bits per heavy atom. The lowest BCUT2D eigenvalue weighted by atomic mass is 9.95. The Morgan fingerprint density at radius 3 is 2.60 bits per heavy atom. The highest BCUT2D eigenvalue weighted by Gasteiger charge is 2.36. The number of aromatic amines is 1. The molecule has 6 rings (SSSR count). The summed E-state index contributed by atoms with van der Waals surface area (Å²) >= 11 is 0. The van der Waals surface area contributed by atoms with E-state index < -0.39 is 12.7 Å². The predicted octanol–water partition coefficient (Wildman–Crippen LogP) is 5.62. The molecule has 2 aromatic carbocycles. The van der Waals surface area contributed by atoms with Crippen molar-refractivity contribution >= 4 is 11.5 Å². The molecule has 0 amide bonds. The van der Waals surface area contributed by atoms with Gasteiger partial charge in [-0.05, 0) is 35.9 Å². The third-order valence-corrected chi connectivity index (χ3v) is 7.35. The van der Waals surface area contributed by atoms with Crippen LogP contribution in [0.1, 0.15) is 17.2 Å². The van der Waals surface area contributed by atoms with Crippen molar-refractivity contribution in [3.8, 4) is 33.9 Å². The van der Waals surface area contributed by atoms with Crippen LogP contribution in [0.4, 0.5) is 24.7 Å². The number of aromatic nitrogens is 3. The van der Waals surface area contributed by atoms with Crippen molar-refractivity contribution in [2.45, 2.75) is 18.8 Å². The second kappa shape index (κ2) is 10.4. The van der Waals surface area contributed by atoms with Crippen molar-refractivity contribution in [2.75, 3.05) is 50.3 Å². The molecule has 4 heterocycles. The van der Waals surface area contributed by atoms with Crippen LogP contribution in [0.15, 0.2) is 60.9 Å². The number of methoxy groups -OCH3 is 2. The summed E-state index contributed by atoms with van der Waals surface area (Å²) in [6.07, 6.45) is -1.06. The number of alkyl halides is 3. The van der Waals surface area contributed by atoms with E-state index in [1.165, 1.54) is 4.90 Å². The number of fused-ring (bicyclic) bond motifs is 3. The molecule has 4 aromatic rings. The number of hydrogen-bond acceptors (Lipinski definition) is 7. The van der Waals surface area contributed by atoms with Crippen LogP contribution in [-0.2, 0) is 11.3 Å². The van der Waals surface area contributed by atoms with Gasteiger partial charge in [-0.3, -0.25) is 5.10 Å². The van der Waals surface area contributed by atoms with E-state index in [0.29, 0.717) is 48.3 Å². The zero-order valence-corrected chi connectivity index (χ0v) is 22.0. The number of morpholine rings is 1. The lowest BCUT2D eigenvalue weighted by Gasteiger charge is -2.38. The molecule has 2 aliphatic rings. The molecule has 0 radical (unpaired) electrons. The van der Waals surface area contributed by atoms with Crippen LogP contribution < -0.4 is 19.3 Å². The molecule has 1 unspecified atom stereocenters. The number of H-pyrrole nitrogens is 1. The maximum atomic E-state index is 13.6. The number of rotatable bonds is 6. The van der Waals surface area contributed by atoms with E-state index in [0.717, 1.165) is 27.9 Å². The van der Waals surface area contributed by atoms with E-state index in [2.05, 4.69) is 15.1 Å². The van der Waals surface area contributed by atoms with E-state index in [9.17, 15) is 13.2 Å². The Kier molecular flexibility index (Phi) is 6.75. The molecule has 0 spiro atoms. The first-order valence-electron chi connectivity index (χ1n) is 12.9. The van der Waals surface area contributed by atoms with E-state index in [4.69, 9.17) is 19.2 Å². The van der Waals surface area contributed by atoms with Crippen molar-refractivity contribution in [1.29, 1.82) is 0 Å². The summed E-state index contributed by atoms with van der Waals surface area (Å²) < 4.78 is 58.0. The van der Waals surface area contributed by atoms with Gasteiger partial charge in [0.25, 0.3) is 0 Å². The average molecular weight is 552 g/mol.